The van der Waals surface area contributed by atoms with Gasteiger partial charge in [0.15, 0.2) is 5.82 Å². The fraction of sp³-hybridized carbons (Fsp3) is 0.368. The number of rotatable bonds is 3. The molecule has 0 aliphatic heterocycles. The van der Waals surface area contributed by atoms with E-state index in [-0.39, 0.29) is 0 Å². The van der Waals surface area contributed by atoms with Gasteiger partial charge in [0.2, 0.25) is 0 Å². The Bertz CT molecular complexity index is 856. The highest BCUT2D eigenvalue weighted by molar-refractivity contribution is 5.81. The maximum absolute atomic E-state index is 4.84. The molecule has 2 heterocycles. The van der Waals surface area contributed by atoms with Gasteiger partial charge in [-0.1, -0.05) is 19.1 Å². The average Bonchev–Trinajstić information content (AvgIpc) is 3.32. The van der Waals surface area contributed by atoms with Crippen molar-refractivity contribution in [2.75, 3.05) is 0 Å². The van der Waals surface area contributed by atoms with Crippen molar-refractivity contribution < 1.29 is 0 Å². The highest BCUT2D eigenvalue weighted by atomic mass is 15.1. The lowest BCUT2D eigenvalue weighted by molar-refractivity contribution is 0.936. The van der Waals surface area contributed by atoms with E-state index in [1.54, 1.807) is 0 Å². The van der Waals surface area contributed by atoms with Gasteiger partial charge in [0, 0.05) is 13.2 Å². The Morgan fingerprint density at radius 2 is 2.05 bits per heavy atom. The summed E-state index contributed by atoms with van der Waals surface area (Å²) in [6.07, 6.45) is 5.67. The molecule has 1 saturated carbocycles. The summed E-state index contributed by atoms with van der Waals surface area (Å²) in [6.45, 7) is 4.30. The molecule has 0 saturated heterocycles. The zero-order valence-corrected chi connectivity index (χ0v) is 13.4. The number of nitrogens with zero attached hydrogens (tertiary/aromatic N) is 3. The first-order chi connectivity index (χ1) is 10.7. The van der Waals surface area contributed by atoms with E-state index in [2.05, 4.69) is 55.9 Å². The second-order valence-electron chi connectivity index (χ2n) is 6.39. The minimum atomic E-state index is 0.745. The van der Waals surface area contributed by atoms with Crippen LogP contribution < -0.4 is 0 Å². The van der Waals surface area contributed by atoms with Gasteiger partial charge in [-0.2, -0.15) is 0 Å². The maximum Gasteiger partial charge on any atom is 0.159 e. The summed E-state index contributed by atoms with van der Waals surface area (Å²) in [5, 5.41) is 0. The van der Waals surface area contributed by atoms with Crippen molar-refractivity contribution in [1.29, 1.82) is 0 Å². The van der Waals surface area contributed by atoms with Crippen molar-refractivity contribution in [3.05, 3.63) is 47.2 Å². The molecule has 3 aromatic rings. The summed E-state index contributed by atoms with van der Waals surface area (Å²) < 4.78 is 2.16. The topological polar surface area (TPSA) is 30.7 Å². The van der Waals surface area contributed by atoms with Crippen LogP contribution in [0.4, 0.5) is 0 Å². The number of benzene rings is 1. The lowest BCUT2D eigenvalue weighted by Crippen LogP contribution is -2.00. The normalized spacial score (nSPS) is 14.7. The second kappa shape index (κ2) is 4.94. The van der Waals surface area contributed by atoms with Gasteiger partial charge in [-0.15, -0.1) is 0 Å². The molecule has 4 rings (SSSR count). The van der Waals surface area contributed by atoms with Crippen LogP contribution >= 0.6 is 0 Å². The lowest BCUT2D eigenvalue weighted by Gasteiger charge is -2.09. The van der Waals surface area contributed by atoms with Crippen molar-refractivity contribution in [2.45, 2.75) is 39.0 Å². The molecule has 0 N–H and O–H groups in total. The van der Waals surface area contributed by atoms with E-state index in [1.165, 1.54) is 29.5 Å². The van der Waals surface area contributed by atoms with E-state index in [4.69, 9.17) is 9.97 Å². The summed E-state index contributed by atoms with van der Waals surface area (Å²) >= 11 is 0. The number of fused-ring (bicyclic) bond motifs is 1. The second-order valence-corrected chi connectivity index (χ2v) is 6.39. The van der Waals surface area contributed by atoms with Crippen LogP contribution in [0, 0.1) is 6.92 Å². The summed E-state index contributed by atoms with van der Waals surface area (Å²) in [4.78, 5) is 9.62. The third-order valence-corrected chi connectivity index (χ3v) is 4.67. The largest absolute Gasteiger partial charge is 0.326 e. The highest BCUT2D eigenvalue weighted by Gasteiger charge is 2.25. The lowest BCUT2D eigenvalue weighted by atomic mass is 10.1. The van der Waals surface area contributed by atoms with Crippen LogP contribution in [-0.4, -0.2) is 14.5 Å². The van der Waals surface area contributed by atoms with Gasteiger partial charge in [-0.3, -0.25) is 4.98 Å². The van der Waals surface area contributed by atoms with Crippen molar-refractivity contribution in [3.8, 4) is 11.5 Å². The average molecular weight is 291 g/mol. The van der Waals surface area contributed by atoms with E-state index in [1.807, 2.05) is 0 Å². The Balaban J connectivity index is 1.89. The molecular weight excluding hydrogens is 270 g/mol. The number of pyridine rings is 1. The number of aryl methyl sites for hydroxylation is 3. The molecular formula is C19H21N3. The third-order valence-electron chi connectivity index (χ3n) is 4.67. The Hall–Kier alpha value is -2.16. The van der Waals surface area contributed by atoms with Gasteiger partial charge in [0.25, 0.3) is 0 Å². The van der Waals surface area contributed by atoms with Crippen molar-refractivity contribution in [3.63, 3.8) is 0 Å². The van der Waals surface area contributed by atoms with Crippen molar-refractivity contribution in [1.82, 2.24) is 14.5 Å². The maximum atomic E-state index is 4.84. The van der Waals surface area contributed by atoms with Crippen LogP contribution in [-0.2, 0) is 13.5 Å². The first-order valence-corrected chi connectivity index (χ1v) is 8.09. The van der Waals surface area contributed by atoms with Gasteiger partial charge in [0.05, 0.1) is 11.0 Å². The van der Waals surface area contributed by atoms with Crippen LogP contribution in [0.5, 0.6) is 0 Å². The summed E-state index contributed by atoms with van der Waals surface area (Å²) in [5.74, 6) is 1.72. The summed E-state index contributed by atoms with van der Waals surface area (Å²) in [7, 11) is 2.08. The molecule has 0 amide bonds. The first-order valence-electron chi connectivity index (χ1n) is 8.09. The Labute approximate surface area is 131 Å². The van der Waals surface area contributed by atoms with E-state index in [9.17, 15) is 0 Å². The van der Waals surface area contributed by atoms with Crippen molar-refractivity contribution in [2.24, 2.45) is 7.05 Å². The number of hydrogen-bond donors (Lipinski definition) is 0. The third kappa shape index (κ3) is 2.12. The smallest absolute Gasteiger partial charge is 0.159 e. The van der Waals surface area contributed by atoms with Crippen molar-refractivity contribution >= 4 is 11.0 Å². The van der Waals surface area contributed by atoms with Crippen LogP contribution in [0.25, 0.3) is 22.6 Å². The number of imidazole rings is 1. The predicted molar refractivity (Wildman–Crippen MR) is 90.0 cm³/mol. The summed E-state index contributed by atoms with van der Waals surface area (Å²) in [5.41, 5.74) is 7.19. The molecule has 0 unspecified atom stereocenters. The van der Waals surface area contributed by atoms with Gasteiger partial charge in [-0.25, -0.2) is 4.98 Å². The SMILES string of the molecule is CCc1cc(C2CC2)cnc1-c1nc2cc(C)ccc2n1C. The molecule has 1 aliphatic rings. The van der Waals surface area contributed by atoms with Crippen LogP contribution in [0.15, 0.2) is 30.5 Å². The molecule has 1 fully saturated rings. The molecule has 0 bridgehead atoms. The molecule has 2 aromatic heterocycles. The fourth-order valence-corrected chi connectivity index (χ4v) is 3.16. The molecule has 22 heavy (non-hydrogen) atoms. The van der Waals surface area contributed by atoms with Gasteiger partial charge >= 0.3 is 0 Å². The quantitative estimate of drug-likeness (QED) is 0.717. The zero-order valence-electron chi connectivity index (χ0n) is 13.4. The molecule has 3 nitrogen and oxygen atoms in total. The standard InChI is InChI=1S/C19H21N3/c1-4-13-10-15(14-6-7-14)11-20-18(13)19-21-16-9-12(2)5-8-17(16)22(19)3/h5,8-11,14H,4,6-7H2,1-3H3. The zero-order chi connectivity index (χ0) is 15.3. The van der Waals surface area contributed by atoms with E-state index in [0.29, 0.717) is 0 Å². The Morgan fingerprint density at radius 1 is 1.23 bits per heavy atom. The monoisotopic (exact) mass is 291 g/mol. The molecule has 3 heteroatoms. The number of aromatic nitrogens is 3. The van der Waals surface area contributed by atoms with E-state index < -0.39 is 0 Å². The van der Waals surface area contributed by atoms with Crippen LogP contribution in [0.2, 0.25) is 0 Å². The molecule has 1 aliphatic carbocycles. The number of hydrogen-bond acceptors (Lipinski definition) is 2. The van der Waals surface area contributed by atoms with Gasteiger partial charge in [-0.05, 0) is 60.9 Å². The molecule has 0 radical (unpaired) electrons. The van der Waals surface area contributed by atoms with E-state index >= 15 is 0 Å². The van der Waals surface area contributed by atoms with Gasteiger partial charge in [0.1, 0.15) is 5.69 Å². The van der Waals surface area contributed by atoms with E-state index in [0.717, 1.165) is 34.9 Å². The minimum absolute atomic E-state index is 0.745. The summed E-state index contributed by atoms with van der Waals surface area (Å²) in [6, 6.07) is 8.76. The fourth-order valence-electron chi connectivity index (χ4n) is 3.16. The Morgan fingerprint density at radius 3 is 2.77 bits per heavy atom. The molecule has 1 aromatic carbocycles. The van der Waals surface area contributed by atoms with Crippen LogP contribution in [0.3, 0.4) is 0 Å². The highest BCUT2D eigenvalue weighted by Crippen LogP contribution is 2.40. The predicted octanol–water partition coefficient (Wildman–Crippen LogP) is 4.38. The van der Waals surface area contributed by atoms with Gasteiger partial charge < -0.3 is 4.57 Å². The minimum Gasteiger partial charge on any atom is -0.326 e. The van der Waals surface area contributed by atoms with Crippen LogP contribution in [0.1, 0.15) is 42.4 Å². The Kier molecular flexibility index (Phi) is 3.03. The molecule has 0 spiro atoms. The molecule has 0 atom stereocenters. The molecule has 112 valence electrons. The first kappa shape index (κ1) is 13.5.